The predicted octanol–water partition coefficient (Wildman–Crippen LogP) is 4.29. The molecule has 150 valence electrons. The third-order valence-electron chi connectivity index (χ3n) is 5.12. The second-order valence-electron chi connectivity index (χ2n) is 7.39. The van der Waals surface area contributed by atoms with Crippen LogP contribution in [0.25, 0.3) is 11.3 Å². The summed E-state index contributed by atoms with van der Waals surface area (Å²) in [6.07, 6.45) is 1.83. The van der Waals surface area contributed by atoms with Gasteiger partial charge in [-0.1, -0.05) is 24.3 Å². The van der Waals surface area contributed by atoms with Gasteiger partial charge < -0.3 is 5.32 Å². The van der Waals surface area contributed by atoms with Crippen LogP contribution in [0, 0.1) is 13.8 Å². The third-order valence-corrected chi connectivity index (χ3v) is 7.16. The molecule has 1 saturated heterocycles. The standard InChI is InChI=1S/C22H24N4O2S/c1-16-6-5-7-19(14-16)23-22-11-10-20(24-25-22)18-9-8-17(2)21(15-18)29(27,28)26-12-3-4-13-26/h5-11,14-15H,3-4,12-13H2,1-2H3,(H,23,25). The van der Waals surface area contributed by atoms with Gasteiger partial charge in [0.25, 0.3) is 0 Å². The fourth-order valence-electron chi connectivity index (χ4n) is 3.53. The van der Waals surface area contributed by atoms with Crippen LogP contribution in [0.3, 0.4) is 0 Å². The highest BCUT2D eigenvalue weighted by molar-refractivity contribution is 7.89. The van der Waals surface area contributed by atoms with E-state index in [1.165, 1.54) is 0 Å². The molecule has 0 spiro atoms. The van der Waals surface area contributed by atoms with E-state index in [4.69, 9.17) is 0 Å². The van der Waals surface area contributed by atoms with E-state index in [-0.39, 0.29) is 0 Å². The Morgan fingerprint density at radius 3 is 2.41 bits per heavy atom. The molecule has 1 N–H and O–H groups in total. The van der Waals surface area contributed by atoms with Gasteiger partial charge in [0.1, 0.15) is 0 Å². The molecule has 2 aromatic carbocycles. The topological polar surface area (TPSA) is 75.2 Å². The summed E-state index contributed by atoms with van der Waals surface area (Å²) in [7, 11) is -3.48. The zero-order valence-corrected chi connectivity index (χ0v) is 17.4. The van der Waals surface area contributed by atoms with Gasteiger partial charge in [0.2, 0.25) is 10.0 Å². The van der Waals surface area contributed by atoms with E-state index >= 15 is 0 Å². The van der Waals surface area contributed by atoms with E-state index in [9.17, 15) is 8.42 Å². The average Bonchev–Trinajstić information content (AvgIpc) is 3.25. The zero-order valence-electron chi connectivity index (χ0n) is 16.6. The Morgan fingerprint density at radius 2 is 1.72 bits per heavy atom. The van der Waals surface area contributed by atoms with E-state index in [2.05, 4.69) is 15.5 Å². The van der Waals surface area contributed by atoms with Crippen molar-refractivity contribution in [3.05, 3.63) is 65.7 Å². The second kappa shape index (κ2) is 7.93. The Kier molecular flexibility index (Phi) is 5.34. The van der Waals surface area contributed by atoms with Crippen LogP contribution < -0.4 is 5.32 Å². The van der Waals surface area contributed by atoms with Gasteiger partial charge in [-0.2, -0.15) is 4.31 Å². The number of nitrogens with one attached hydrogen (secondary N) is 1. The first-order valence-electron chi connectivity index (χ1n) is 9.72. The van der Waals surface area contributed by atoms with Crippen LogP contribution in [0.4, 0.5) is 11.5 Å². The summed E-state index contributed by atoms with van der Waals surface area (Å²) >= 11 is 0. The molecular formula is C22H24N4O2S. The summed E-state index contributed by atoms with van der Waals surface area (Å²) in [6, 6.07) is 17.1. The number of nitrogens with zero attached hydrogens (tertiary/aromatic N) is 3. The Balaban J connectivity index is 1.60. The molecule has 1 aromatic heterocycles. The summed E-state index contributed by atoms with van der Waals surface area (Å²) in [6.45, 7) is 5.04. The van der Waals surface area contributed by atoms with Gasteiger partial charge in [0.15, 0.2) is 5.82 Å². The van der Waals surface area contributed by atoms with E-state index in [0.717, 1.165) is 35.2 Å². The summed E-state index contributed by atoms with van der Waals surface area (Å²) < 4.78 is 27.6. The average molecular weight is 409 g/mol. The van der Waals surface area contributed by atoms with Gasteiger partial charge in [0.05, 0.1) is 10.6 Å². The summed E-state index contributed by atoms with van der Waals surface area (Å²) in [4.78, 5) is 0.348. The van der Waals surface area contributed by atoms with Crippen LogP contribution in [0.15, 0.2) is 59.5 Å². The molecule has 1 aliphatic heterocycles. The lowest BCUT2D eigenvalue weighted by Crippen LogP contribution is -2.28. The molecule has 6 nitrogen and oxygen atoms in total. The maximum Gasteiger partial charge on any atom is 0.243 e. The maximum absolute atomic E-state index is 13.0. The van der Waals surface area contributed by atoms with Gasteiger partial charge in [-0.05, 0) is 68.1 Å². The lowest BCUT2D eigenvalue weighted by atomic mass is 10.1. The molecule has 0 radical (unpaired) electrons. The first kappa shape index (κ1) is 19.5. The maximum atomic E-state index is 13.0. The molecule has 0 aliphatic carbocycles. The smallest absolute Gasteiger partial charge is 0.243 e. The van der Waals surface area contributed by atoms with Gasteiger partial charge in [-0.15, -0.1) is 10.2 Å². The van der Waals surface area contributed by atoms with Crippen LogP contribution in [0.5, 0.6) is 0 Å². The highest BCUT2D eigenvalue weighted by atomic mass is 32.2. The van der Waals surface area contributed by atoms with E-state index in [0.29, 0.717) is 29.5 Å². The monoisotopic (exact) mass is 408 g/mol. The molecule has 0 amide bonds. The molecule has 7 heteroatoms. The zero-order chi connectivity index (χ0) is 20.4. The number of hydrogen-bond donors (Lipinski definition) is 1. The van der Waals surface area contributed by atoms with Gasteiger partial charge >= 0.3 is 0 Å². The summed E-state index contributed by atoms with van der Waals surface area (Å²) in [5.74, 6) is 0.636. The molecule has 3 aromatic rings. The van der Waals surface area contributed by atoms with E-state index in [1.54, 1.807) is 10.4 Å². The van der Waals surface area contributed by atoms with Crippen LogP contribution in [0.1, 0.15) is 24.0 Å². The molecule has 0 bridgehead atoms. The van der Waals surface area contributed by atoms with E-state index in [1.807, 2.05) is 62.4 Å². The summed E-state index contributed by atoms with van der Waals surface area (Å²) in [5, 5.41) is 11.8. The van der Waals surface area contributed by atoms with Crippen molar-refractivity contribution in [1.29, 1.82) is 0 Å². The minimum atomic E-state index is -3.48. The highest BCUT2D eigenvalue weighted by Crippen LogP contribution is 2.28. The number of benzene rings is 2. The predicted molar refractivity (Wildman–Crippen MR) is 115 cm³/mol. The number of aryl methyl sites for hydroxylation is 2. The van der Waals surface area contributed by atoms with Crippen molar-refractivity contribution in [2.45, 2.75) is 31.6 Å². The van der Waals surface area contributed by atoms with Gasteiger partial charge in [-0.3, -0.25) is 0 Å². The number of anilines is 2. The molecule has 29 heavy (non-hydrogen) atoms. The number of aromatic nitrogens is 2. The van der Waals surface area contributed by atoms with Crippen molar-refractivity contribution in [2.75, 3.05) is 18.4 Å². The van der Waals surface area contributed by atoms with Crippen molar-refractivity contribution in [2.24, 2.45) is 0 Å². The van der Waals surface area contributed by atoms with Crippen molar-refractivity contribution in [1.82, 2.24) is 14.5 Å². The number of sulfonamides is 1. The Bertz CT molecular complexity index is 1120. The van der Waals surface area contributed by atoms with Crippen LogP contribution in [-0.4, -0.2) is 36.0 Å². The summed E-state index contributed by atoms with van der Waals surface area (Å²) in [5.41, 5.74) is 4.22. The Hall–Kier alpha value is -2.77. The van der Waals surface area contributed by atoms with Gasteiger partial charge in [-0.25, -0.2) is 8.42 Å². The molecular weight excluding hydrogens is 384 g/mol. The SMILES string of the molecule is Cc1cccc(Nc2ccc(-c3ccc(C)c(S(=O)(=O)N4CCCC4)c3)nn2)c1. The van der Waals surface area contributed by atoms with Crippen LogP contribution >= 0.6 is 0 Å². The molecule has 2 heterocycles. The van der Waals surface area contributed by atoms with Crippen LogP contribution in [0.2, 0.25) is 0 Å². The fourth-order valence-corrected chi connectivity index (χ4v) is 5.30. The number of rotatable bonds is 5. The minimum Gasteiger partial charge on any atom is -0.339 e. The van der Waals surface area contributed by atoms with Crippen molar-refractivity contribution in [3.63, 3.8) is 0 Å². The van der Waals surface area contributed by atoms with Crippen molar-refractivity contribution < 1.29 is 8.42 Å². The van der Waals surface area contributed by atoms with Gasteiger partial charge in [0, 0.05) is 24.3 Å². The third kappa shape index (κ3) is 4.16. The Labute approximate surface area is 171 Å². The molecule has 1 fully saturated rings. The molecule has 1 aliphatic rings. The highest BCUT2D eigenvalue weighted by Gasteiger charge is 2.28. The molecule has 0 unspecified atom stereocenters. The first-order chi connectivity index (χ1) is 13.9. The quantitative estimate of drug-likeness (QED) is 0.682. The fraction of sp³-hybridized carbons (Fsp3) is 0.273. The number of hydrogen-bond acceptors (Lipinski definition) is 5. The second-order valence-corrected chi connectivity index (χ2v) is 9.30. The van der Waals surface area contributed by atoms with Crippen LogP contribution in [-0.2, 0) is 10.0 Å². The normalized spacial score (nSPS) is 14.8. The minimum absolute atomic E-state index is 0.348. The van der Waals surface area contributed by atoms with E-state index < -0.39 is 10.0 Å². The molecule has 4 rings (SSSR count). The lowest BCUT2D eigenvalue weighted by molar-refractivity contribution is 0.477. The molecule has 0 atom stereocenters. The first-order valence-corrected chi connectivity index (χ1v) is 11.2. The lowest BCUT2D eigenvalue weighted by Gasteiger charge is -2.17. The van der Waals surface area contributed by atoms with Crippen molar-refractivity contribution >= 4 is 21.5 Å². The largest absolute Gasteiger partial charge is 0.339 e. The van der Waals surface area contributed by atoms with Crippen molar-refractivity contribution in [3.8, 4) is 11.3 Å². The molecule has 0 saturated carbocycles. The Morgan fingerprint density at radius 1 is 0.931 bits per heavy atom.